The number of hydrogen-bond acceptors (Lipinski definition) is 3. The second-order valence-electron chi connectivity index (χ2n) is 3.03. The van der Waals surface area contributed by atoms with Crippen LogP contribution < -0.4 is 0 Å². The third-order valence-corrected chi connectivity index (χ3v) is 2.49. The third kappa shape index (κ3) is 6.11. The summed E-state index contributed by atoms with van der Waals surface area (Å²) in [4.78, 5) is 11.0. The minimum Gasteiger partial charge on any atom is -0.481 e. The lowest BCUT2D eigenvalue weighted by Gasteiger charge is -2.14. The summed E-state index contributed by atoms with van der Waals surface area (Å²) in [5.74, 6) is -1.20. The number of halogens is 2. The Hall–Kier alpha value is -1.30. The molecule has 0 aromatic carbocycles. The van der Waals surface area contributed by atoms with Crippen molar-refractivity contribution in [2.75, 3.05) is 6.26 Å². The first kappa shape index (κ1) is 15.7. The maximum Gasteiger partial charge on any atom is 0.387 e. The van der Waals surface area contributed by atoms with Crippen molar-refractivity contribution in [3.8, 4) is 0 Å². The summed E-state index contributed by atoms with van der Waals surface area (Å²) < 4.78 is 28.9. The first-order valence-electron chi connectivity index (χ1n) is 4.65. The van der Waals surface area contributed by atoms with Crippen LogP contribution in [0, 0.1) is 0 Å². The summed E-state index contributed by atoms with van der Waals surface area (Å²) in [6.45, 7) is 1.91. The Bertz CT molecular complexity index is 349. The van der Waals surface area contributed by atoms with Gasteiger partial charge in [0.1, 0.15) is 5.76 Å². The van der Waals surface area contributed by atoms with Crippen molar-refractivity contribution in [2.45, 2.75) is 20.0 Å². The van der Waals surface area contributed by atoms with Gasteiger partial charge in [-0.25, -0.2) is 0 Å². The van der Waals surface area contributed by atoms with Crippen LogP contribution in [-0.2, 0) is 9.53 Å². The molecule has 17 heavy (non-hydrogen) atoms. The van der Waals surface area contributed by atoms with Crippen LogP contribution in [0.5, 0.6) is 0 Å². The number of alkyl halides is 2. The van der Waals surface area contributed by atoms with E-state index in [0.717, 1.165) is 0 Å². The van der Waals surface area contributed by atoms with Crippen molar-refractivity contribution in [3.63, 3.8) is 0 Å². The maximum absolute atomic E-state index is 12.3. The van der Waals surface area contributed by atoms with Crippen LogP contribution in [0.15, 0.2) is 35.0 Å². The minimum absolute atomic E-state index is 0.102. The molecule has 0 atom stereocenters. The molecular formula is C11H14F2O3S. The number of hydrogen-bond donors (Lipinski definition) is 1. The molecule has 96 valence electrons. The number of thioether (sulfide) groups is 1. The zero-order chi connectivity index (χ0) is 13.4. The van der Waals surface area contributed by atoms with Crippen molar-refractivity contribution in [3.05, 3.63) is 35.0 Å². The molecule has 0 fully saturated rings. The predicted octanol–water partition coefficient (Wildman–Crippen LogP) is 3.41. The Labute approximate surface area is 103 Å². The van der Waals surface area contributed by atoms with E-state index >= 15 is 0 Å². The number of ether oxygens (including phenoxy) is 1. The van der Waals surface area contributed by atoms with E-state index in [1.54, 1.807) is 6.26 Å². The molecule has 0 unspecified atom stereocenters. The molecule has 0 spiro atoms. The summed E-state index contributed by atoms with van der Waals surface area (Å²) >= 11 is 1.18. The van der Waals surface area contributed by atoms with Crippen LogP contribution in [0.25, 0.3) is 0 Å². The van der Waals surface area contributed by atoms with Crippen LogP contribution in [0.1, 0.15) is 13.3 Å². The molecule has 0 heterocycles. The van der Waals surface area contributed by atoms with Crippen molar-refractivity contribution < 1.29 is 23.4 Å². The van der Waals surface area contributed by atoms with Gasteiger partial charge >= 0.3 is 12.6 Å². The predicted molar refractivity (Wildman–Crippen MR) is 63.8 cm³/mol. The molecule has 0 radical (unpaired) electrons. The number of carboxylic acids is 1. The number of rotatable bonds is 7. The van der Waals surface area contributed by atoms with Gasteiger partial charge in [-0.1, -0.05) is 12.7 Å². The van der Waals surface area contributed by atoms with Gasteiger partial charge in [0, 0.05) is 4.91 Å². The molecule has 3 nitrogen and oxygen atoms in total. The fraction of sp³-hybridized carbons (Fsp3) is 0.364. The van der Waals surface area contributed by atoms with Gasteiger partial charge in [-0.2, -0.15) is 8.78 Å². The summed E-state index contributed by atoms with van der Waals surface area (Å²) in [6, 6.07) is 0. The number of carbonyl (C=O) groups is 1. The normalized spacial score (nSPS) is 13.4. The van der Waals surface area contributed by atoms with Gasteiger partial charge < -0.3 is 9.84 Å². The molecule has 6 heteroatoms. The van der Waals surface area contributed by atoms with Gasteiger partial charge in [0.2, 0.25) is 0 Å². The van der Waals surface area contributed by atoms with Crippen molar-refractivity contribution in [2.24, 2.45) is 0 Å². The molecule has 0 aliphatic rings. The highest BCUT2D eigenvalue weighted by Gasteiger charge is 2.16. The fourth-order valence-electron chi connectivity index (χ4n) is 1.11. The van der Waals surface area contributed by atoms with E-state index < -0.39 is 12.6 Å². The second-order valence-corrected chi connectivity index (χ2v) is 3.88. The Morgan fingerprint density at radius 1 is 1.59 bits per heavy atom. The second kappa shape index (κ2) is 7.89. The number of allylic oxidation sites excluding steroid dienone is 2. The van der Waals surface area contributed by atoms with E-state index in [1.165, 1.54) is 30.8 Å². The summed E-state index contributed by atoms with van der Waals surface area (Å²) in [7, 11) is 0. The molecule has 1 N–H and O–H groups in total. The molecule has 0 saturated carbocycles. The Balaban J connectivity index is 5.29. The van der Waals surface area contributed by atoms with E-state index in [9.17, 15) is 13.6 Å². The summed E-state index contributed by atoms with van der Waals surface area (Å²) in [6.07, 6.45) is 4.25. The van der Waals surface area contributed by atoms with Gasteiger partial charge in [-0.15, -0.1) is 11.8 Å². The van der Waals surface area contributed by atoms with E-state index in [-0.39, 0.29) is 17.8 Å². The van der Waals surface area contributed by atoms with E-state index in [2.05, 4.69) is 11.3 Å². The van der Waals surface area contributed by atoms with Crippen LogP contribution in [-0.4, -0.2) is 23.9 Å². The molecule has 0 aliphatic heterocycles. The van der Waals surface area contributed by atoms with Crippen molar-refractivity contribution in [1.29, 1.82) is 0 Å². The van der Waals surface area contributed by atoms with Crippen molar-refractivity contribution in [1.82, 2.24) is 0 Å². The first-order chi connectivity index (χ1) is 7.92. The number of carboxylic acid groups (broad SMARTS) is 1. The average Bonchev–Trinajstić information content (AvgIpc) is 2.21. The van der Waals surface area contributed by atoms with Gasteiger partial charge in [0.15, 0.2) is 0 Å². The van der Waals surface area contributed by atoms with Gasteiger partial charge in [-0.3, -0.25) is 4.79 Å². The number of aliphatic carboxylic acids is 1. The van der Waals surface area contributed by atoms with E-state index in [4.69, 9.17) is 5.11 Å². The standard InChI is InChI=1S/C11H14F2O3S/c1-4-5-8(17-3)10(16-11(12)13)7(2)6-9(14)15/h4-5,11H,1,6H2,2-3H3,(H,14,15)/b8-5+,10-7+. The van der Waals surface area contributed by atoms with Gasteiger partial charge in [0.05, 0.1) is 6.42 Å². The molecule has 0 bridgehead atoms. The molecule has 0 rings (SSSR count). The Morgan fingerprint density at radius 3 is 2.53 bits per heavy atom. The van der Waals surface area contributed by atoms with E-state index in [0.29, 0.717) is 4.91 Å². The lowest BCUT2D eigenvalue weighted by molar-refractivity contribution is -0.136. The van der Waals surface area contributed by atoms with Crippen molar-refractivity contribution >= 4 is 17.7 Å². The highest BCUT2D eigenvalue weighted by molar-refractivity contribution is 8.02. The Morgan fingerprint density at radius 2 is 2.18 bits per heavy atom. The SMILES string of the molecule is C=C/C=C(SC)\C(OC(F)F)=C(\C)CC(=O)O. The lowest BCUT2D eigenvalue weighted by Crippen LogP contribution is -2.06. The smallest absolute Gasteiger partial charge is 0.387 e. The highest BCUT2D eigenvalue weighted by atomic mass is 32.2. The van der Waals surface area contributed by atoms with Crippen LogP contribution in [0.3, 0.4) is 0 Å². The molecule has 0 aromatic heterocycles. The monoisotopic (exact) mass is 264 g/mol. The summed E-state index contributed by atoms with van der Waals surface area (Å²) in [5, 5.41) is 8.63. The fourth-order valence-corrected chi connectivity index (χ4v) is 1.75. The zero-order valence-corrected chi connectivity index (χ0v) is 10.4. The van der Waals surface area contributed by atoms with Crippen LogP contribution in [0.4, 0.5) is 8.78 Å². The molecule has 0 amide bonds. The van der Waals surface area contributed by atoms with Gasteiger partial charge in [-0.05, 0) is 24.8 Å². The largest absolute Gasteiger partial charge is 0.481 e. The highest BCUT2D eigenvalue weighted by Crippen LogP contribution is 2.28. The zero-order valence-electron chi connectivity index (χ0n) is 9.57. The maximum atomic E-state index is 12.3. The molecular weight excluding hydrogens is 250 g/mol. The first-order valence-corrected chi connectivity index (χ1v) is 5.88. The summed E-state index contributed by atoms with van der Waals surface area (Å²) in [5.41, 5.74) is 0.236. The van der Waals surface area contributed by atoms with E-state index in [1.807, 2.05) is 0 Å². The quantitative estimate of drug-likeness (QED) is 0.565. The van der Waals surface area contributed by atoms with Crippen LogP contribution in [0.2, 0.25) is 0 Å². The molecule has 0 saturated heterocycles. The van der Waals surface area contributed by atoms with Crippen LogP contribution >= 0.6 is 11.8 Å². The topological polar surface area (TPSA) is 46.5 Å². The third-order valence-electron chi connectivity index (χ3n) is 1.72. The minimum atomic E-state index is -2.99. The Kier molecular flexibility index (Phi) is 7.29. The molecule has 0 aromatic rings. The lowest BCUT2D eigenvalue weighted by atomic mass is 10.1. The van der Waals surface area contributed by atoms with Gasteiger partial charge in [0.25, 0.3) is 0 Å². The average molecular weight is 264 g/mol. The molecule has 0 aliphatic carbocycles.